The van der Waals surface area contributed by atoms with Crippen LogP contribution in [0.3, 0.4) is 0 Å². The summed E-state index contributed by atoms with van der Waals surface area (Å²) in [6.45, 7) is 1.99. The second-order valence-electron chi connectivity index (χ2n) is 7.92. The largest absolute Gasteiger partial charge is 0.442 e. The molecule has 0 saturated carbocycles. The molecule has 4 aromatic rings. The van der Waals surface area contributed by atoms with Gasteiger partial charge in [0.25, 0.3) is 5.89 Å². The zero-order valence-corrected chi connectivity index (χ0v) is 17.9. The summed E-state index contributed by atoms with van der Waals surface area (Å²) in [6, 6.07) is 10.2. The fourth-order valence-electron chi connectivity index (χ4n) is 3.77. The number of aryl methyl sites for hydroxylation is 2. The highest BCUT2D eigenvalue weighted by Crippen LogP contribution is 2.26. The average Bonchev–Trinajstić information content (AvgIpc) is 3.43. The van der Waals surface area contributed by atoms with Crippen LogP contribution in [0.4, 0.5) is 0 Å². The topological polar surface area (TPSA) is 99.8 Å². The van der Waals surface area contributed by atoms with Crippen molar-refractivity contribution in [2.45, 2.75) is 45.1 Å². The predicted molar refractivity (Wildman–Crippen MR) is 120 cm³/mol. The first-order valence-corrected chi connectivity index (χ1v) is 10.6. The van der Waals surface area contributed by atoms with Crippen LogP contribution >= 0.6 is 0 Å². The van der Waals surface area contributed by atoms with Crippen molar-refractivity contribution in [3.8, 4) is 11.3 Å². The molecule has 0 amide bonds. The molecule has 7 nitrogen and oxygen atoms in total. The number of benzene rings is 1. The summed E-state index contributed by atoms with van der Waals surface area (Å²) in [6.07, 6.45) is 8.85. The highest BCUT2D eigenvalue weighted by atomic mass is 16.3. The summed E-state index contributed by atoms with van der Waals surface area (Å²) < 4.78 is 7.04. The van der Waals surface area contributed by atoms with E-state index >= 15 is 0 Å². The van der Waals surface area contributed by atoms with Crippen molar-refractivity contribution in [1.29, 1.82) is 0 Å². The van der Waals surface area contributed by atoms with E-state index in [1.54, 1.807) is 0 Å². The van der Waals surface area contributed by atoms with Crippen molar-refractivity contribution in [3.63, 3.8) is 0 Å². The smallest absolute Gasteiger partial charge is 0.263 e. The fraction of sp³-hybridized carbons (Fsp3) is 0.333. The molecule has 3 aromatic heterocycles. The molecule has 0 bridgehead atoms. The zero-order valence-electron chi connectivity index (χ0n) is 17.9. The number of rotatable bonds is 9. The van der Waals surface area contributed by atoms with Crippen LogP contribution in [0.1, 0.15) is 60.3 Å². The Kier molecular flexibility index (Phi) is 6.23. The minimum Gasteiger partial charge on any atom is -0.442 e. The van der Waals surface area contributed by atoms with Gasteiger partial charge in [-0.3, -0.25) is 9.78 Å². The summed E-state index contributed by atoms with van der Waals surface area (Å²) in [7, 11) is 1.98. The van der Waals surface area contributed by atoms with E-state index in [9.17, 15) is 4.79 Å². The SMILES string of the molecule is Cc1ccc2cc(-c3cn(C)c([C@@H](N)CCCCCC(=O)c4ncco4)n3)ccc2n1. The molecule has 0 aliphatic carbocycles. The van der Waals surface area contributed by atoms with Gasteiger partial charge in [-0.25, -0.2) is 9.97 Å². The van der Waals surface area contributed by atoms with Gasteiger partial charge in [0, 0.05) is 36.3 Å². The molecule has 1 aromatic carbocycles. The summed E-state index contributed by atoms with van der Waals surface area (Å²) in [5.74, 6) is 1.01. The highest BCUT2D eigenvalue weighted by Gasteiger charge is 2.15. The molecular weight excluding hydrogens is 390 g/mol. The highest BCUT2D eigenvalue weighted by molar-refractivity contribution is 5.91. The van der Waals surface area contributed by atoms with Crippen LogP contribution in [-0.2, 0) is 7.05 Å². The Labute approximate surface area is 181 Å². The first-order valence-electron chi connectivity index (χ1n) is 10.6. The molecule has 160 valence electrons. The van der Waals surface area contributed by atoms with Crippen molar-refractivity contribution in [3.05, 3.63) is 66.4 Å². The average molecular weight is 418 g/mol. The van der Waals surface area contributed by atoms with E-state index in [0.717, 1.165) is 59.4 Å². The molecule has 0 saturated heterocycles. The number of aromatic nitrogens is 4. The van der Waals surface area contributed by atoms with Gasteiger partial charge in [0.2, 0.25) is 5.78 Å². The second-order valence-corrected chi connectivity index (χ2v) is 7.92. The Morgan fingerprint density at radius 2 is 2.03 bits per heavy atom. The molecule has 0 spiro atoms. The number of imidazole rings is 1. The Morgan fingerprint density at radius 3 is 2.84 bits per heavy atom. The van der Waals surface area contributed by atoms with E-state index < -0.39 is 0 Å². The lowest BCUT2D eigenvalue weighted by Crippen LogP contribution is -2.15. The monoisotopic (exact) mass is 417 g/mol. The van der Waals surface area contributed by atoms with Gasteiger partial charge in [0.05, 0.1) is 23.4 Å². The first kappa shape index (κ1) is 20.9. The number of hydrogen-bond acceptors (Lipinski definition) is 6. The molecular formula is C24H27N5O2. The molecule has 0 unspecified atom stereocenters. The maximum atomic E-state index is 11.9. The molecule has 1 atom stereocenters. The lowest BCUT2D eigenvalue weighted by Gasteiger charge is -2.11. The number of carbonyl (C=O) groups is 1. The number of unbranched alkanes of at least 4 members (excludes halogenated alkanes) is 2. The third-order valence-electron chi connectivity index (χ3n) is 5.46. The number of ketones is 1. The van der Waals surface area contributed by atoms with Crippen LogP contribution in [-0.4, -0.2) is 25.3 Å². The van der Waals surface area contributed by atoms with Crippen LogP contribution in [0.5, 0.6) is 0 Å². The normalized spacial score (nSPS) is 12.4. The van der Waals surface area contributed by atoms with Crippen LogP contribution in [0.25, 0.3) is 22.2 Å². The molecule has 7 heteroatoms. The maximum absolute atomic E-state index is 11.9. The standard InChI is InChI=1S/C24H27N5O2/c1-16-8-9-17-14-18(10-11-20(17)27-16)21-15-29(2)23(28-21)19(25)6-4-3-5-7-22(30)24-26-12-13-31-24/h8-15,19H,3-7,25H2,1-2H3/t19-/m0/s1. The number of oxazole rings is 1. The minimum absolute atomic E-state index is 0.0520. The lowest BCUT2D eigenvalue weighted by atomic mass is 10.1. The second kappa shape index (κ2) is 9.22. The van der Waals surface area contributed by atoms with E-state index in [2.05, 4.69) is 28.2 Å². The zero-order chi connectivity index (χ0) is 21.8. The van der Waals surface area contributed by atoms with E-state index in [0.29, 0.717) is 6.42 Å². The van der Waals surface area contributed by atoms with Gasteiger partial charge in [-0.1, -0.05) is 25.0 Å². The fourth-order valence-corrected chi connectivity index (χ4v) is 3.77. The third-order valence-corrected chi connectivity index (χ3v) is 5.46. The van der Waals surface area contributed by atoms with Gasteiger partial charge >= 0.3 is 0 Å². The Hall–Kier alpha value is -3.32. The Bertz CT molecular complexity index is 1180. The van der Waals surface area contributed by atoms with E-state index in [4.69, 9.17) is 15.1 Å². The summed E-state index contributed by atoms with van der Waals surface area (Å²) >= 11 is 0. The molecule has 31 heavy (non-hydrogen) atoms. The molecule has 3 heterocycles. The molecule has 0 aliphatic heterocycles. The lowest BCUT2D eigenvalue weighted by molar-refractivity contribution is 0.0945. The van der Waals surface area contributed by atoms with Crippen molar-refractivity contribution in [2.75, 3.05) is 0 Å². The van der Waals surface area contributed by atoms with Gasteiger partial charge in [0.15, 0.2) is 0 Å². The number of Topliss-reactive ketones (excluding diaryl/α,β-unsaturated/α-hetero) is 1. The molecule has 0 fully saturated rings. The molecule has 0 aliphatic rings. The quantitative estimate of drug-likeness (QED) is 0.311. The number of nitrogens with zero attached hydrogens (tertiary/aromatic N) is 4. The molecule has 2 N–H and O–H groups in total. The van der Waals surface area contributed by atoms with Crippen LogP contribution in [0.15, 0.2) is 53.4 Å². The summed E-state index contributed by atoms with van der Waals surface area (Å²) in [4.78, 5) is 25.2. The molecule has 4 rings (SSSR count). The van der Waals surface area contributed by atoms with Crippen LogP contribution in [0.2, 0.25) is 0 Å². The Morgan fingerprint density at radius 1 is 1.16 bits per heavy atom. The summed E-state index contributed by atoms with van der Waals surface area (Å²) in [5, 5.41) is 1.10. The van der Waals surface area contributed by atoms with Crippen molar-refractivity contribution >= 4 is 16.7 Å². The number of hydrogen-bond donors (Lipinski definition) is 1. The number of fused-ring (bicyclic) bond motifs is 1. The minimum atomic E-state index is -0.147. The maximum Gasteiger partial charge on any atom is 0.263 e. The third kappa shape index (κ3) is 4.88. The van der Waals surface area contributed by atoms with Gasteiger partial charge in [-0.2, -0.15) is 0 Å². The van der Waals surface area contributed by atoms with Gasteiger partial charge < -0.3 is 14.7 Å². The van der Waals surface area contributed by atoms with E-state index in [1.165, 1.54) is 12.5 Å². The van der Waals surface area contributed by atoms with Gasteiger partial charge in [-0.05, 0) is 38.0 Å². The Balaban J connectivity index is 1.34. The number of nitrogens with two attached hydrogens (primary N) is 1. The number of carbonyl (C=O) groups excluding carboxylic acids is 1. The van der Waals surface area contributed by atoms with Crippen molar-refractivity contribution in [1.82, 2.24) is 19.5 Å². The van der Waals surface area contributed by atoms with E-state index in [1.807, 2.05) is 36.9 Å². The first-order chi connectivity index (χ1) is 15.0. The van der Waals surface area contributed by atoms with Crippen molar-refractivity contribution in [2.24, 2.45) is 12.8 Å². The number of pyridine rings is 1. The van der Waals surface area contributed by atoms with Crippen LogP contribution < -0.4 is 5.73 Å². The predicted octanol–water partition coefficient (Wildman–Crippen LogP) is 4.76. The van der Waals surface area contributed by atoms with Gasteiger partial charge in [0.1, 0.15) is 12.1 Å². The van der Waals surface area contributed by atoms with Gasteiger partial charge in [-0.15, -0.1) is 0 Å². The molecule has 0 radical (unpaired) electrons. The van der Waals surface area contributed by atoms with E-state index in [-0.39, 0.29) is 17.7 Å². The van der Waals surface area contributed by atoms with Crippen molar-refractivity contribution < 1.29 is 9.21 Å². The summed E-state index contributed by atoms with van der Waals surface area (Å²) in [5.41, 5.74) is 10.4. The van der Waals surface area contributed by atoms with Crippen LogP contribution in [0, 0.1) is 6.92 Å².